The molecule has 0 atom stereocenters. The molecule has 0 aromatic carbocycles. The minimum atomic E-state index is -0.882. The molecule has 136 valence electrons. The molecule has 0 aliphatic rings. The van der Waals surface area contributed by atoms with E-state index in [9.17, 15) is 4.79 Å². The highest BCUT2D eigenvalue weighted by Gasteiger charge is 2.21. The molecule has 0 spiro atoms. The molecule has 0 saturated carbocycles. The highest BCUT2D eigenvalue weighted by molar-refractivity contribution is 7.19. The van der Waals surface area contributed by atoms with Crippen LogP contribution in [-0.4, -0.2) is 20.9 Å². The molecule has 0 radical (unpaired) electrons. The van der Waals surface area contributed by atoms with Crippen LogP contribution in [0, 0.1) is 0 Å². The summed E-state index contributed by atoms with van der Waals surface area (Å²) in [6, 6.07) is 5.91. The molecule has 2 N–H and O–H groups in total. The van der Waals surface area contributed by atoms with Gasteiger partial charge >= 0.3 is 6.09 Å². The fourth-order valence-electron chi connectivity index (χ4n) is 2.73. The first-order chi connectivity index (χ1) is 12.4. The van der Waals surface area contributed by atoms with Crippen LogP contribution in [0.2, 0.25) is 4.34 Å². The SMILES string of the molecule is CCc1c(-c2cn(C(C)C)nc2-c2ccc(Cl)s2)ccnc1OC(N)=O. The van der Waals surface area contributed by atoms with E-state index in [0.29, 0.717) is 10.8 Å². The predicted molar refractivity (Wildman–Crippen MR) is 104 cm³/mol. The minimum Gasteiger partial charge on any atom is -0.391 e. The Kier molecular flexibility index (Phi) is 5.29. The zero-order valence-corrected chi connectivity index (χ0v) is 16.3. The molecule has 6 nitrogen and oxygen atoms in total. The topological polar surface area (TPSA) is 83.0 Å². The number of hydrogen-bond acceptors (Lipinski definition) is 5. The van der Waals surface area contributed by atoms with Gasteiger partial charge in [0.1, 0.15) is 5.69 Å². The Hall–Kier alpha value is -2.38. The van der Waals surface area contributed by atoms with E-state index in [1.165, 1.54) is 11.3 Å². The van der Waals surface area contributed by atoms with Crippen LogP contribution < -0.4 is 10.5 Å². The Morgan fingerprint density at radius 2 is 2.12 bits per heavy atom. The number of ether oxygens (including phenoxy) is 1. The van der Waals surface area contributed by atoms with Crippen molar-refractivity contribution in [3.63, 3.8) is 0 Å². The maximum Gasteiger partial charge on any atom is 0.411 e. The van der Waals surface area contributed by atoms with Crippen LogP contribution >= 0.6 is 22.9 Å². The van der Waals surface area contributed by atoms with Crippen molar-refractivity contribution >= 4 is 29.0 Å². The van der Waals surface area contributed by atoms with Gasteiger partial charge in [-0.15, -0.1) is 11.3 Å². The van der Waals surface area contributed by atoms with Gasteiger partial charge in [-0.05, 0) is 44.0 Å². The summed E-state index contributed by atoms with van der Waals surface area (Å²) < 4.78 is 7.70. The van der Waals surface area contributed by atoms with Crippen molar-refractivity contribution in [1.29, 1.82) is 0 Å². The van der Waals surface area contributed by atoms with Crippen molar-refractivity contribution in [2.24, 2.45) is 5.73 Å². The second-order valence-corrected chi connectivity index (χ2v) is 7.70. The Balaban J connectivity index is 2.21. The fourth-order valence-corrected chi connectivity index (χ4v) is 3.77. The Bertz CT molecular complexity index is 949. The molecule has 3 aromatic rings. The van der Waals surface area contributed by atoms with E-state index >= 15 is 0 Å². The van der Waals surface area contributed by atoms with Crippen LogP contribution in [0.4, 0.5) is 4.79 Å². The van der Waals surface area contributed by atoms with Crippen LogP contribution in [0.5, 0.6) is 5.88 Å². The van der Waals surface area contributed by atoms with Gasteiger partial charge < -0.3 is 10.5 Å². The number of pyridine rings is 1. The molecule has 8 heteroatoms. The number of rotatable bonds is 5. The molecule has 0 fully saturated rings. The fraction of sp³-hybridized carbons (Fsp3) is 0.278. The van der Waals surface area contributed by atoms with Gasteiger partial charge in [0, 0.05) is 29.6 Å². The first-order valence-corrected chi connectivity index (χ1v) is 9.40. The van der Waals surface area contributed by atoms with E-state index in [2.05, 4.69) is 18.8 Å². The average Bonchev–Trinajstić information content (AvgIpc) is 3.20. The average molecular weight is 391 g/mol. The van der Waals surface area contributed by atoms with Gasteiger partial charge in [-0.25, -0.2) is 9.78 Å². The molecule has 0 bridgehead atoms. The van der Waals surface area contributed by atoms with Crippen molar-refractivity contribution in [3.8, 4) is 27.6 Å². The van der Waals surface area contributed by atoms with Gasteiger partial charge in [0.15, 0.2) is 0 Å². The second kappa shape index (κ2) is 7.47. The molecule has 0 unspecified atom stereocenters. The molecule has 3 heterocycles. The molecule has 3 aromatic heterocycles. The summed E-state index contributed by atoms with van der Waals surface area (Å²) in [6.07, 6.45) is 3.34. The summed E-state index contributed by atoms with van der Waals surface area (Å²) in [5.74, 6) is 0.227. The van der Waals surface area contributed by atoms with Gasteiger partial charge in [0.05, 0.1) is 9.21 Å². The number of nitrogens with two attached hydrogens (primary N) is 1. The standard InChI is InChI=1S/C18H19ClN4O2S/c1-4-11-12(7-8-21-17(11)25-18(20)24)13-9-23(10(2)3)22-16(13)14-5-6-15(19)26-14/h5-10H,4H2,1-3H3,(H2,20,24). The Labute approximate surface area is 160 Å². The summed E-state index contributed by atoms with van der Waals surface area (Å²) in [6.45, 7) is 6.11. The van der Waals surface area contributed by atoms with E-state index in [1.807, 2.05) is 36.0 Å². The third-order valence-electron chi connectivity index (χ3n) is 3.92. The van der Waals surface area contributed by atoms with Crippen LogP contribution in [0.3, 0.4) is 0 Å². The molecule has 0 aliphatic heterocycles. The number of primary amides is 1. The number of hydrogen-bond donors (Lipinski definition) is 1. The molecule has 0 aliphatic carbocycles. The summed E-state index contributed by atoms with van der Waals surface area (Å²) in [4.78, 5) is 16.3. The number of halogens is 1. The van der Waals surface area contributed by atoms with Gasteiger partial charge in [-0.3, -0.25) is 4.68 Å². The highest BCUT2D eigenvalue weighted by atomic mass is 35.5. The number of carbonyl (C=O) groups excluding carboxylic acids is 1. The Morgan fingerprint density at radius 1 is 1.35 bits per heavy atom. The monoisotopic (exact) mass is 390 g/mol. The lowest BCUT2D eigenvalue weighted by Crippen LogP contribution is -2.18. The quantitative estimate of drug-likeness (QED) is 0.669. The molecule has 0 saturated heterocycles. The summed E-state index contributed by atoms with van der Waals surface area (Å²) in [7, 11) is 0. The first kappa shape index (κ1) is 18.4. The maximum atomic E-state index is 11.2. The second-order valence-electron chi connectivity index (χ2n) is 5.99. The van der Waals surface area contributed by atoms with Crippen LogP contribution in [-0.2, 0) is 6.42 Å². The summed E-state index contributed by atoms with van der Waals surface area (Å²) in [5, 5.41) is 4.75. The lowest BCUT2D eigenvalue weighted by atomic mass is 9.99. The van der Waals surface area contributed by atoms with Crippen molar-refractivity contribution in [2.75, 3.05) is 0 Å². The molecule has 1 amide bonds. The van der Waals surface area contributed by atoms with Crippen LogP contribution in [0.25, 0.3) is 21.7 Å². The van der Waals surface area contributed by atoms with Gasteiger partial charge in [-0.1, -0.05) is 18.5 Å². The third-order valence-corrected chi connectivity index (χ3v) is 5.16. The molecule has 3 rings (SSSR count). The molecular formula is C18H19ClN4O2S. The van der Waals surface area contributed by atoms with E-state index < -0.39 is 6.09 Å². The van der Waals surface area contributed by atoms with E-state index in [4.69, 9.17) is 27.2 Å². The van der Waals surface area contributed by atoms with Crippen molar-refractivity contribution < 1.29 is 9.53 Å². The van der Waals surface area contributed by atoms with Crippen molar-refractivity contribution in [1.82, 2.24) is 14.8 Å². The maximum absolute atomic E-state index is 11.2. The number of aromatic nitrogens is 3. The Morgan fingerprint density at radius 3 is 2.69 bits per heavy atom. The zero-order valence-electron chi connectivity index (χ0n) is 14.7. The lowest BCUT2D eigenvalue weighted by Gasteiger charge is -2.11. The minimum absolute atomic E-state index is 0.200. The largest absolute Gasteiger partial charge is 0.411 e. The number of nitrogens with zero attached hydrogens (tertiary/aromatic N) is 3. The third kappa shape index (κ3) is 3.59. The number of amides is 1. The summed E-state index contributed by atoms with van der Waals surface area (Å²) >= 11 is 7.59. The van der Waals surface area contributed by atoms with Gasteiger partial charge in [0.25, 0.3) is 0 Å². The van der Waals surface area contributed by atoms with Gasteiger partial charge in [0.2, 0.25) is 5.88 Å². The number of thiophene rings is 1. The van der Waals surface area contributed by atoms with E-state index in [1.54, 1.807) is 6.20 Å². The van der Waals surface area contributed by atoms with Crippen LogP contribution in [0.1, 0.15) is 32.4 Å². The number of carbonyl (C=O) groups is 1. The highest BCUT2D eigenvalue weighted by Crippen LogP contribution is 2.39. The normalized spacial score (nSPS) is 11.1. The predicted octanol–water partition coefficient (Wildman–Crippen LogP) is 4.93. The van der Waals surface area contributed by atoms with Crippen LogP contribution in [0.15, 0.2) is 30.6 Å². The first-order valence-electron chi connectivity index (χ1n) is 8.21. The van der Waals surface area contributed by atoms with E-state index in [0.717, 1.165) is 27.3 Å². The lowest BCUT2D eigenvalue weighted by molar-refractivity contribution is 0.208. The molecule has 26 heavy (non-hydrogen) atoms. The van der Waals surface area contributed by atoms with Crippen molar-refractivity contribution in [2.45, 2.75) is 33.2 Å². The van der Waals surface area contributed by atoms with Gasteiger partial charge in [-0.2, -0.15) is 5.10 Å². The van der Waals surface area contributed by atoms with E-state index in [-0.39, 0.29) is 11.9 Å². The smallest absolute Gasteiger partial charge is 0.391 e. The molecular weight excluding hydrogens is 372 g/mol. The van der Waals surface area contributed by atoms with Crippen molar-refractivity contribution in [3.05, 3.63) is 40.5 Å². The zero-order chi connectivity index (χ0) is 18.8. The summed E-state index contributed by atoms with van der Waals surface area (Å²) in [5.41, 5.74) is 8.66.